The summed E-state index contributed by atoms with van der Waals surface area (Å²) in [5.41, 5.74) is 2.73. The zero-order valence-electron chi connectivity index (χ0n) is 13.0. The van der Waals surface area contributed by atoms with Gasteiger partial charge < -0.3 is 4.90 Å². The monoisotopic (exact) mass is 273 g/mol. The van der Waals surface area contributed by atoms with E-state index in [2.05, 4.69) is 59.7 Å². The fourth-order valence-electron chi connectivity index (χ4n) is 3.24. The van der Waals surface area contributed by atoms with Crippen molar-refractivity contribution in [2.24, 2.45) is 0 Å². The van der Waals surface area contributed by atoms with Crippen molar-refractivity contribution in [2.75, 3.05) is 44.2 Å². The molecule has 20 heavy (non-hydrogen) atoms. The first-order chi connectivity index (χ1) is 9.63. The van der Waals surface area contributed by atoms with Gasteiger partial charge >= 0.3 is 0 Å². The Hall–Kier alpha value is -1.06. The van der Waals surface area contributed by atoms with Crippen LogP contribution in [0.2, 0.25) is 0 Å². The molecule has 0 aromatic heterocycles. The molecule has 0 saturated carbocycles. The zero-order chi connectivity index (χ0) is 14.1. The molecule has 1 aromatic rings. The van der Waals surface area contributed by atoms with Crippen LogP contribution in [0.5, 0.6) is 0 Å². The molecule has 110 valence electrons. The van der Waals surface area contributed by atoms with E-state index < -0.39 is 0 Å². The maximum absolute atomic E-state index is 2.68. The SMILES string of the molecule is Cc1ccc(N2CCN(C3CN(C(C)C)C3)CC2)cc1. The van der Waals surface area contributed by atoms with Crippen molar-refractivity contribution in [1.82, 2.24) is 9.80 Å². The second kappa shape index (κ2) is 5.74. The first-order valence-electron chi connectivity index (χ1n) is 7.93. The Kier molecular flexibility index (Phi) is 3.99. The number of rotatable bonds is 3. The minimum absolute atomic E-state index is 0.708. The van der Waals surface area contributed by atoms with Gasteiger partial charge in [0.15, 0.2) is 0 Å². The van der Waals surface area contributed by atoms with Crippen LogP contribution in [0.1, 0.15) is 19.4 Å². The largest absolute Gasteiger partial charge is 0.369 e. The maximum atomic E-state index is 2.68. The summed E-state index contributed by atoms with van der Waals surface area (Å²) < 4.78 is 0. The molecule has 2 aliphatic rings. The van der Waals surface area contributed by atoms with Gasteiger partial charge in [0, 0.05) is 57.0 Å². The highest BCUT2D eigenvalue weighted by Gasteiger charge is 2.34. The minimum atomic E-state index is 0.708. The highest BCUT2D eigenvalue weighted by molar-refractivity contribution is 5.47. The van der Waals surface area contributed by atoms with Crippen molar-refractivity contribution in [3.8, 4) is 0 Å². The van der Waals surface area contributed by atoms with Gasteiger partial charge in [0.1, 0.15) is 0 Å². The van der Waals surface area contributed by atoms with E-state index in [1.54, 1.807) is 0 Å². The number of nitrogens with zero attached hydrogens (tertiary/aromatic N) is 3. The molecular weight excluding hydrogens is 246 g/mol. The second-order valence-electron chi connectivity index (χ2n) is 6.56. The lowest BCUT2D eigenvalue weighted by Crippen LogP contribution is -2.64. The predicted molar refractivity (Wildman–Crippen MR) is 85.5 cm³/mol. The molecule has 0 spiro atoms. The first-order valence-corrected chi connectivity index (χ1v) is 7.93. The summed E-state index contributed by atoms with van der Waals surface area (Å²) in [4.78, 5) is 7.77. The van der Waals surface area contributed by atoms with Crippen molar-refractivity contribution in [1.29, 1.82) is 0 Å². The van der Waals surface area contributed by atoms with E-state index in [0.29, 0.717) is 6.04 Å². The van der Waals surface area contributed by atoms with Gasteiger partial charge in [-0.3, -0.25) is 9.80 Å². The molecule has 0 aliphatic carbocycles. The number of hydrogen-bond acceptors (Lipinski definition) is 3. The number of aryl methyl sites for hydroxylation is 1. The van der Waals surface area contributed by atoms with Crippen molar-refractivity contribution < 1.29 is 0 Å². The standard InChI is InChI=1S/C17H27N3/c1-14(2)20-12-17(13-20)19-10-8-18(9-11-19)16-6-4-15(3)5-7-16/h4-7,14,17H,8-13H2,1-3H3. The van der Waals surface area contributed by atoms with Gasteiger partial charge in [-0.25, -0.2) is 0 Å². The Morgan fingerprint density at radius 2 is 1.55 bits per heavy atom. The highest BCUT2D eigenvalue weighted by atomic mass is 15.4. The Morgan fingerprint density at radius 1 is 0.950 bits per heavy atom. The van der Waals surface area contributed by atoms with Crippen LogP contribution in [0.15, 0.2) is 24.3 Å². The smallest absolute Gasteiger partial charge is 0.0367 e. The van der Waals surface area contributed by atoms with E-state index >= 15 is 0 Å². The van der Waals surface area contributed by atoms with Crippen molar-refractivity contribution in [3.63, 3.8) is 0 Å². The van der Waals surface area contributed by atoms with E-state index in [-0.39, 0.29) is 0 Å². The van der Waals surface area contributed by atoms with Gasteiger partial charge in [-0.1, -0.05) is 17.7 Å². The minimum Gasteiger partial charge on any atom is -0.369 e. The average molecular weight is 273 g/mol. The summed E-state index contributed by atoms with van der Waals surface area (Å²) in [5, 5.41) is 0. The summed E-state index contributed by atoms with van der Waals surface area (Å²) in [6.45, 7) is 14.0. The molecule has 3 nitrogen and oxygen atoms in total. The summed E-state index contributed by atoms with van der Waals surface area (Å²) in [6.07, 6.45) is 0. The molecule has 3 heteroatoms. The quantitative estimate of drug-likeness (QED) is 0.836. The highest BCUT2D eigenvalue weighted by Crippen LogP contribution is 2.22. The van der Waals surface area contributed by atoms with Crippen molar-refractivity contribution in [3.05, 3.63) is 29.8 Å². The summed E-state index contributed by atoms with van der Waals surface area (Å²) in [5.74, 6) is 0. The molecule has 3 rings (SSSR count). The Balaban J connectivity index is 1.49. The van der Waals surface area contributed by atoms with E-state index in [1.165, 1.54) is 50.5 Å². The van der Waals surface area contributed by atoms with Gasteiger partial charge in [-0.2, -0.15) is 0 Å². The second-order valence-corrected chi connectivity index (χ2v) is 6.56. The molecule has 1 aromatic carbocycles. The van der Waals surface area contributed by atoms with Gasteiger partial charge in [0.2, 0.25) is 0 Å². The van der Waals surface area contributed by atoms with Crippen LogP contribution in [0.3, 0.4) is 0 Å². The van der Waals surface area contributed by atoms with Crippen LogP contribution in [0.25, 0.3) is 0 Å². The maximum Gasteiger partial charge on any atom is 0.0367 e. The molecule has 2 fully saturated rings. The molecule has 0 amide bonds. The van der Waals surface area contributed by atoms with Crippen LogP contribution >= 0.6 is 0 Å². The summed E-state index contributed by atoms with van der Waals surface area (Å²) in [7, 11) is 0. The van der Waals surface area contributed by atoms with Crippen LogP contribution in [-0.2, 0) is 0 Å². The lowest BCUT2D eigenvalue weighted by Gasteiger charge is -2.50. The van der Waals surface area contributed by atoms with Gasteiger partial charge in [0.05, 0.1) is 0 Å². The molecule has 2 aliphatic heterocycles. The van der Waals surface area contributed by atoms with E-state index in [4.69, 9.17) is 0 Å². The first kappa shape index (κ1) is 13.9. The Labute approximate surface area is 123 Å². The number of piperazine rings is 1. The van der Waals surface area contributed by atoms with E-state index in [0.717, 1.165) is 6.04 Å². The molecule has 0 bridgehead atoms. The fraction of sp³-hybridized carbons (Fsp3) is 0.647. The lowest BCUT2D eigenvalue weighted by atomic mass is 10.0. The molecule has 0 radical (unpaired) electrons. The Morgan fingerprint density at radius 3 is 2.10 bits per heavy atom. The normalized spacial score (nSPS) is 22.3. The van der Waals surface area contributed by atoms with Crippen molar-refractivity contribution in [2.45, 2.75) is 32.9 Å². The number of likely N-dealkylation sites (tertiary alicyclic amines) is 1. The van der Waals surface area contributed by atoms with Crippen molar-refractivity contribution >= 4 is 5.69 Å². The lowest BCUT2D eigenvalue weighted by molar-refractivity contribution is 0.0115. The van der Waals surface area contributed by atoms with Gasteiger partial charge in [-0.15, -0.1) is 0 Å². The molecule has 0 N–H and O–H groups in total. The molecule has 0 atom stereocenters. The number of anilines is 1. The third kappa shape index (κ3) is 2.84. The zero-order valence-corrected chi connectivity index (χ0v) is 13.0. The van der Waals surface area contributed by atoms with Crippen LogP contribution in [0, 0.1) is 6.92 Å². The summed E-state index contributed by atoms with van der Waals surface area (Å²) in [6, 6.07) is 10.5. The summed E-state index contributed by atoms with van der Waals surface area (Å²) >= 11 is 0. The van der Waals surface area contributed by atoms with Crippen LogP contribution < -0.4 is 4.90 Å². The van der Waals surface area contributed by atoms with E-state index in [1.807, 2.05) is 0 Å². The van der Waals surface area contributed by atoms with Crippen LogP contribution in [0.4, 0.5) is 5.69 Å². The topological polar surface area (TPSA) is 9.72 Å². The molecule has 2 heterocycles. The molecule has 0 unspecified atom stereocenters. The molecular formula is C17H27N3. The number of benzene rings is 1. The van der Waals surface area contributed by atoms with E-state index in [9.17, 15) is 0 Å². The molecule has 2 saturated heterocycles. The third-order valence-corrected chi connectivity index (χ3v) is 4.85. The average Bonchev–Trinajstić information content (AvgIpc) is 2.38. The van der Waals surface area contributed by atoms with Crippen LogP contribution in [-0.4, -0.2) is 61.2 Å². The van der Waals surface area contributed by atoms with Gasteiger partial charge in [0.25, 0.3) is 0 Å². The third-order valence-electron chi connectivity index (χ3n) is 4.85. The Bertz CT molecular complexity index is 426. The predicted octanol–water partition coefficient (Wildman–Crippen LogP) is 2.21. The number of hydrogen-bond donors (Lipinski definition) is 0. The fourth-order valence-corrected chi connectivity index (χ4v) is 3.24. The van der Waals surface area contributed by atoms with Gasteiger partial charge in [-0.05, 0) is 32.9 Å².